The molecule has 1 aliphatic carbocycles. The third kappa shape index (κ3) is 1.34. The van der Waals surface area contributed by atoms with Gasteiger partial charge >= 0.3 is 0 Å². The van der Waals surface area contributed by atoms with Crippen LogP contribution in [0.2, 0.25) is 0 Å². The molecular formula is C15H23N. The lowest BCUT2D eigenvalue weighted by atomic mass is 9.67. The summed E-state index contributed by atoms with van der Waals surface area (Å²) in [5.41, 5.74) is 8.28. The van der Waals surface area contributed by atoms with Crippen molar-refractivity contribution in [2.24, 2.45) is 16.6 Å². The van der Waals surface area contributed by atoms with Crippen molar-refractivity contribution in [1.82, 2.24) is 0 Å². The summed E-state index contributed by atoms with van der Waals surface area (Å²) < 4.78 is 0. The molecule has 1 aromatic rings. The fourth-order valence-corrected chi connectivity index (χ4v) is 3.51. The highest BCUT2D eigenvalue weighted by Gasteiger charge is 2.67. The number of hydrogen-bond acceptors (Lipinski definition) is 1. The number of hydrogen-bond donors (Lipinski definition) is 1. The fourth-order valence-electron chi connectivity index (χ4n) is 3.51. The van der Waals surface area contributed by atoms with Gasteiger partial charge in [0, 0.05) is 0 Å². The number of nitrogens with two attached hydrogens (primary N) is 1. The lowest BCUT2D eigenvalue weighted by Crippen LogP contribution is -2.39. The van der Waals surface area contributed by atoms with Crippen LogP contribution >= 0.6 is 0 Å². The molecule has 0 aromatic heterocycles. The van der Waals surface area contributed by atoms with Crippen LogP contribution in [0.1, 0.15) is 39.7 Å². The van der Waals surface area contributed by atoms with Crippen molar-refractivity contribution < 1.29 is 0 Å². The molecule has 1 fully saturated rings. The van der Waals surface area contributed by atoms with Gasteiger partial charge in [0.05, 0.1) is 0 Å². The van der Waals surface area contributed by atoms with Gasteiger partial charge < -0.3 is 5.73 Å². The topological polar surface area (TPSA) is 26.0 Å². The highest BCUT2D eigenvalue weighted by Crippen LogP contribution is 2.71. The van der Waals surface area contributed by atoms with E-state index in [4.69, 9.17) is 5.73 Å². The third-order valence-electron chi connectivity index (χ3n) is 4.95. The van der Waals surface area contributed by atoms with Gasteiger partial charge in [-0.25, -0.2) is 0 Å². The van der Waals surface area contributed by atoms with Gasteiger partial charge in [-0.2, -0.15) is 0 Å². The summed E-state index contributed by atoms with van der Waals surface area (Å²) in [7, 11) is 0. The van der Waals surface area contributed by atoms with Gasteiger partial charge in [0.15, 0.2) is 0 Å². The molecule has 0 spiro atoms. The Labute approximate surface area is 99.0 Å². The first-order valence-electron chi connectivity index (χ1n) is 6.13. The molecule has 88 valence electrons. The first-order chi connectivity index (χ1) is 7.37. The lowest BCUT2D eigenvalue weighted by Gasteiger charge is -2.37. The Morgan fingerprint density at radius 1 is 1.19 bits per heavy atom. The summed E-state index contributed by atoms with van der Waals surface area (Å²) in [6.45, 7) is 10.1. The summed E-state index contributed by atoms with van der Waals surface area (Å²) in [6, 6.07) is 10.8. The van der Waals surface area contributed by atoms with Crippen molar-refractivity contribution in [2.45, 2.75) is 39.5 Å². The maximum absolute atomic E-state index is 6.07. The predicted octanol–water partition coefficient (Wildman–Crippen LogP) is 3.34. The minimum absolute atomic E-state index is 0.159. The second-order valence-electron chi connectivity index (χ2n) is 6.34. The molecule has 1 aromatic carbocycles. The summed E-state index contributed by atoms with van der Waals surface area (Å²) in [5, 5.41) is 0. The van der Waals surface area contributed by atoms with E-state index in [1.807, 2.05) is 0 Å². The molecule has 1 aliphatic rings. The van der Waals surface area contributed by atoms with Gasteiger partial charge in [0.1, 0.15) is 0 Å². The molecule has 0 aliphatic heterocycles. The Morgan fingerprint density at radius 2 is 1.69 bits per heavy atom. The number of rotatable bonds is 3. The molecule has 0 saturated heterocycles. The molecule has 1 unspecified atom stereocenters. The van der Waals surface area contributed by atoms with Gasteiger partial charge in [-0.1, -0.05) is 58.0 Å². The summed E-state index contributed by atoms with van der Waals surface area (Å²) >= 11 is 0. The zero-order valence-corrected chi connectivity index (χ0v) is 10.9. The Balaban J connectivity index is 2.41. The van der Waals surface area contributed by atoms with E-state index in [0.29, 0.717) is 5.41 Å². The largest absolute Gasteiger partial charge is 0.330 e. The monoisotopic (exact) mass is 217 g/mol. The van der Waals surface area contributed by atoms with E-state index in [-0.39, 0.29) is 10.8 Å². The Bertz CT molecular complexity index is 378. The Kier molecular flexibility index (Phi) is 2.43. The van der Waals surface area contributed by atoms with Crippen LogP contribution in [-0.2, 0) is 5.41 Å². The van der Waals surface area contributed by atoms with Crippen molar-refractivity contribution in [3.63, 3.8) is 0 Å². The van der Waals surface area contributed by atoms with E-state index in [1.54, 1.807) is 0 Å². The molecule has 2 N–H and O–H groups in total. The second kappa shape index (κ2) is 3.33. The van der Waals surface area contributed by atoms with Crippen molar-refractivity contribution in [3.8, 4) is 0 Å². The maximum atomic E-state index is 6.07. The number of benzene rings is 1. The summed E-state index contributed by atoms with van der Waals surface area (Å²) in [6.07, 6.45) is 1.23. The van der Waals surface area contributed by atoms with Gasteiger partial charge in [0.25, 0.3) is 0 Å². The predicted molar refractivity (Wildman–Crippen MR) is 69.4 cm³/mol. The average Bonchev–Trinajstić information content (AvgIpc) is 2.84. The highest BCUT2D eigenvalue weighted by atomic mass is 14.8. The van der Waals surface area contributed by atoms with Crippen LogP contribution in [0, 0.1) is 10.8 Å². The van der Waals surface area contributed by atoms with E-state index in [9.17, 15) is 0 Å². The average molecular weight is 217 g/mol. The van der Waals surface area contributed by atoms with Crippen molar-refractivity contribution in [3.05, 3.63) is 35.9 Å². The van der Waals surface area contributed by atoms with Crippen molar-refractivity contribution >= 4 is 0 Å². The molecule has 1 saturated carbocycles. The van der Waals surface area contributed by atoms with E-state index < -0.39 is 0 Å². The van der Waals surface area contributed by atoms with Gasteiger partial charge in [0.2, 0.25) is 0 Å². The zero-order valence-electron chi connectivity index (χ0n) is 10.9. The highest BCUT2D eigenvalue weighted by molar-refractivity contribution is 5.33. The van der Waals surface area contributed by atoms with Crippen molar-refractivity contribution in [2.75, 3.05) is 6.54 Å². The van der Waals surface area contributed by atoms with Crippen LogP contribution in [0.4, 0.5) is 0 Å². The van der Waals surface area contributed by atoms with E-state index in [1.165, 1.54) is 12.0 Å². The summed E-state index contributed by atoms with van der Waals surface area (Å²) in [4.78, 5) is 0. The van der Waals surface area contributed by atoms with Crippen molar-refractivity contribution in [1.29, 1.82) is 0 Å². The summed E-state index contributed by atoms with van der Waals surface area (Å²) in [5.74, 6) is 0. The molecule has 1 heteroatoms. The van der Waals surface area contributed by atoms with E-state index in [2.05, 4.69) is 58.0 Å². The maximum Gasteiger partial charge on any atom is -0.000684 e. The SMILES string of the molecule is CC1(C)CC1(CN)C(C)(C)c1ccccc1. The minimum Gasteiger partial charge on any atom is -0.330 e. The van der Waals surface area contributed by atoms with E-state index in [0.717, 1.165) is 6.54 Å². The molecule has 0 bridgehead atoms. The molecule has 1 atom stereocenters. The molecule has 0 amide bonds. The zero-order chi connectivity index (χ0) is 12.0. The second-order valence-corrected chi connectivity index (χ2v) is 6.34. The van der Waals surface area contributed by atoms with Crippen LogP contribution < -0.4 is 5.73 Å². The van der Waals surface area contributed by atoms with Gasteiger partial charge in [-0.3, -0.25) is 0 Å². The van der Waals surface area contributed by atoms with Gasteiger partial charge in [-0.05, 0) is 34.8 Å². The molecule has 16 heavy (non-hydrogen) atoms. The Morgan fingerprint density at radius 3 is 2.06 bits per heavy atom. The molecule has 2 rings (SSSR count). The van der Waals surface area contributed by atoms with Crippen LogP contribution in [0.5, 0.6) is 0 Å². The third-order valence-corrected chi connectivity index (χ3v) is 4.95. The van der Waals surface area contributed by atoms with Crippen LogP contribution in [0.15, 0.2) is 30.3 Å². The first-order valence-corrected chi connectivity index (χ1v) is 6.13. The fraction of sp³-hybridized carbons (Fsp3) is 0.600. The van der Waals surface area contributed by atoms with Crippen LogP contribution in [0.25, 0.3) is 0 Å². The van der Waals surface area contributed by atoms with Gasteiger partial charge in [-0.15, -0.1) is 0 Å². The normalized spacial score (nSPS) is 27.8. The minimum atomic E-state index is 0.159. The lowest BCUT2D eigenvalue weighted by molar-refractivity contribution is 0.236. The van der Waals surface area contributed by atoms with E-state index >= 15 is 0 Å². The molecule has 1 nitrogen and oxygen atoms in total. The smallest absolute Gasteiger partial charge is 0.000684 e. The van der Waals surface area contributed by atoms with Crippen LogP contribution in [0.3, 0.4) is 0 Å². The molecule has 0 heterocycles. The Hall–Kier alpha value is -0.820. The molecule has 0 radical (unpaired) electrons. The quantitative estimate of drug-likeness (QED) is 0.825. The first kappa shape index (κ1) is 11.7. The molecular weight excluding hydrogens is 194 g/mol. The van der Waals surface area contributed by atoms with Crippen LogP contribution in [-0.4, -0.2) is 6.54 Å². The standard InChI is InChI=1S/C15H23N/c1-13(2)10-15(13,11-16)14(3,4)12-8-6-5-7-9-12/h5-9H,10-11,16H2,1-4H3.